The van der Waals surface area contributed by atoms with E-state index in [2.05, 4.69) is 20.1 Å². The zero-order chi connectivity index (χ0) is 16.8. The maximum atomic E-state index is 9.42. The zero-order valence-corrected chi connectivity index (χ0v) is 15.2. The molecule has 3 rings (SSSR count). The van der Waals surface area contributed by atoms with Crippen LogP contribution in [-0.4, -0.2) is 86.5 Å². The Morgan fingerprint density at radius 1 is 1.25 bits per heavy atom. The fourth-order valence-electron chi connectivity index (χ4n) is 4.65. The third-order valence-electron chi connectivity index (χ3n) is 6.16. The molecule has 2 heterocycles. The molecule has 0 amide bonds. The number of aliphatic imine (C=N–C) groups is 1. The number of likely N-dealkylation sites (tertiary alicyclic amines) is 1. The van der Waals surface area contributed by atoms with Gasteiger partial charge in [0.2, 0.25) is 0 Å². The molecule has 138 valence electrons. The molecule has 2 saturated heterocycles. The van der Waals surface area contributed by atoms with Crippen molar-refractivity contribution in [1.29, 1.82) is 0 Å². The summed E-state index contributed by atoms with van der Waals surface area (Å²) in [5.74, 6) is 1.04. The summed E-state index contributed by atoms with van der Waals surface area (Å²) >= 11 is 0. The predicted molar refractivity (Wildman–Crippen MR) is 96.3 cm³/mol. The van der Waals surface area contributed by atoms with E-state index < -0.39 is 0 Å². The second-order valence-electron chi connectivity index (χ2n) is 7.62. The maximum absolute atomic E-state index is 9.42. The highest BCUT2D eigenvalue weighted by molar-refractivity contribution is 5.80. The quantitative estimate of drug-likeness (QED) is 0.576. The Morgan fingerprint density at radius 3 is 2.67 bits per heavy atom. The number of aliphatic hydroxyl groups is 1. The molecule has 0 aromatic heterocycles. The van der Waals surface area contributed by atoms with Crippen LogP contribution in [0.2, 0.25) is 0 Å². The Bertz CT molecular complexity index is 417. The highest BCUT2D eigenvalue weighted by Gasteiger charge is 2.35. The SMILES string of the molecule is CN=C(NCC1(CCO)CCCC1)N1CCC(N2CCOCC2)C1. The summed E-state index contributed by atoms with van der Waals surface area (Å²) in [7, 11) is 1.89. The fraction of sp³-hybridized carbons (Fsp3) is 0.944. The molecule has 24 heavy (non-hydrogen) atoms. The highest BCUT2D eigenvalue weighted by Crippen LogP contribution is 2.40. The Morgan fingerprint density at radius 2 is 2.00 bits per heavy atom. The molecule has 1 unspecified atom stereocenters. The Balaban J connectivity index is 1.51. The number of nitrogens with one attached hydrogen (secondary N) is 1. The molecule has 3 fully saturated rings. The molecule has 0 aromatic carbocycles. The van der Waals surface area contributed by atoms with Gasteiger partial charge in [0.05, 0.1) is 13.2 Å². The second-order valence-corrected chi connectivity index (χ2v) is 7.62. The molecule has 1 saturated carbocycles. The molecule has 0 spiro atoms. The summed E-state index contributed by atoms with van der Waals surface area (Å²) in [6.45, 7) is 7.23. The van der Waals surface area contributed by atoms with Crippen LogP contribution in [0, 0.1) is 5.41 Å². The summed E-state index contributed by atoms with van der Waals surface area (Å²) in [6.07, 6.45) is 7.17. The first-order valence-corrected chi connectivity index (χ1v) is 9.65. The van der Waals surface area contributed by atoms with Crippen LogP contribution >= 0.6 is 0 Å². The first kappa shape index (κ1) is 18.0. The van der Waals surface area contributed by atoms with Crippen LogP contribution in [0.5, 0.6) is 0 Å². The van der Waals surface area contributed by atoms with Gasteiger partial charge in [-0.05, 0) is 31.1 Å². The van der Waals surface area contributed by atoms with E-state index in [4.69, 9.17) is 4.74 Å². The van der Waals surface area contributed by atoms with E-state index >= 15 is 0 Å². The number of hydrogen-bond donors (Lipinski definition) is 2. The van der Waals surface area contributed by atoms with Gasteiger partial charge in [-0.2, -0.15) is 0 Å². The molecule has 3 aliphatic rings. The number of rotatable bonds is 5. The predicted octanol–water partition coefficient (Wildman–Crippen LogP) is 0.911. The third kappa shape index (κ3) is 4.21. The largest absolute Gasteiger partial charge is 0.396 e. The molecule has 2 N–H and O–H groups in total. The average Bonchev–Trinajstić information content (AvgIpc) is 3.27. The lowest BCUT2D eigenvalue weighted by Crippen LogP contribution is -2.48. The van der Waals surface area contributed by atoms with Gasteiger partial charge in [-0.1, -0.05) is 12.8 Å². The van der Waals surface area contributed by atoms with Crippen molar-refractivity contribution in [2.75, 3.05) is 59.6 Å². The van der Waals surface area contributed by atoms with E-state index in [1.807, 2.05) is 7.05 Å². The summed E-state index contributed by atoms with van der Waals surface area (Å²) in [6, 6.07) is 0.630. The fourth-order valence-corrected chi connectivity index (χ4v) is 4.65. The Kier molecular flexibility index (Phi) is 6.36. The minimum Gasteiger partial charge on any atom is -0.396 e. The molecule has 1 atom stereocenters. The molecule has 6 heteroatoms. The van der Waals surface area contributed by atoms with Crippen LogP contribution < -0.4 is 5.32 Å². The molecule has 0 bridgehead atoms. The summed E-state index contributed by atoms with van der Waals surface area (Å²) in [5.41, 5.74) is 0.272. The van der Waals surface area contributed by atoms with Crippen molar-refractivity contribution in [1.82, 2.24) is 15.1 Å². The van der Waals surface area contributed by atoms with Crippen molar-refractivity contribution in [3.63, 3.8) is 0 Å². The van der Waals surface area contributed by atoms with E-state index in [0.717, 1.165) is 58.3 Å². The highest BCUT2D eigenvalue weighted by atomic mass is 16.5. The van der Waals surface area contributed by atoms with E-state index in [1.165, 1.54) is 32.1 Å². The summed E-state index contributed by atoms with van der Waals surface area (Å²) < 4.78 is 5.47. The maximum Gasteiger partial charge on any atom is 0.193 e. The molecule has 6 nitrogen and oxygen atoms in total. The van der Waals surface area contributed by atoms with Crippen molar-refractivity contribution < 1.29 is 9.84 Å². The van der Waals surface area contributed by atoms with Crippen molar-refractivity contribution in [2.24, 2.45) is 10.4 Å². The normalized spacial score (nSPS) is 28.5. The first-order valence-electron chi connectivity index (χ1n) is 9.65. The number of morpholine rings is 1. The van der Waals surface area contributed by atoms with Gasteiger partial charge in [0.15, 0.2) is 5.96 Å². The van der Waals surface area contributed by atoms with E-state index in [-0.39, 0.29) is 5.41 Å². The van der Waals surface area contributed by atoms with Gasteiger partial charge in [-0.25, -0.2) is 0 Å². The lowest BCUT2D eigenvalue weighted by Gasteiger charge is -2.33. The van der Waals surface area contributed by atoms with Crippen molar-refractivity contribution in [3.8, 4) is 0 Å². The first-order chi connectivity index (χ1) is 11.8. The standard InChI is InChI=1S/C18H34N4O2/c1-19-17(20-15-18(7-11-23)5-2-3-6-18)22-8-4-16(14-22)21-9-12-24-13-10-21/h16,23H,2-15H2,1H3,(H,19,20). The number of ether oxygens (including phenoxy) is 1. The number of aliphatic hydroxyl groups excluding tert-OH is 1. The van der Waals surface area contributed by atoms with Crippen molar-refractivity contribution in [2.45, 2.75) is 44.6 Å². The number of nitrogens with zero attached hydrogens (tertiary/aromatic N) is 3. The number of hydrogen-bond acceptors (Lipinski definition) is 4. The molecule has 2 aliphatic heterocycles. The Hall–Kier alpha value is -0.850. The lowest BCUT2D eigenvalue weighted by atomic mass is 9.83. The third-order valence-corrected chi connectivity index (χ3v) is 6.16. The summed E-state index contributed by atoms with van der Waals surface area (Å²) in [5, 5.41) is 13.0. The minimum absolute atomic E-state index is 0.272. The van der Waals surface area contributed by atoms with Crippen molar-refractivity contribution >= 4 is 5.96 Å². The van der Waals surface area contributed by atoms with Crippen LogP contribution in [0.25, 0.3) is 0 Å². The van der Waals surface area contributed by atoms with E-state index in [1.54, 1.807) is 0 Å². The van der Waals surface area contributed by atoms with Crippen LogP contribution in [0.1, 0.15) is 38.5 Å². The van der Waals surface area contributed by atoms with Crippen LogP contribution in [0.15, 0.2) is 4.99 Å². The average molecular weight is 338 g/mol. The minimum atomic E-state index is 0.272. The molecular formula is C18H34N4O2. The smallest absolute Gasteiger partial charge is 0.193 e. The van der Waals surface area contributed by atoms with Gasteiger partial charge in [0.1, 0.15) is 0 Å². The van der Waals surface area contributed by atoms with Crippen LogP contribution in [0.3, 0.4) is 0 Å². The van der Waals surface area contributed by atoms with E-state index in [0.29, 0.717) is 12.6 Å². The van der Waals surface area contributed by atoms with Gasteiger partial charge in [0.25, 0.3) is 0 Å². The number of guanidine groups is 1. The molecule has 0 radical (unpaired) electrons. The second kappa shape index (κ2) is 8.50. The molecular weight excluding hydrogens is 304 g/mol. The molecule has 1 aliphatic carbocycles. The monoisotopic (exact) mass is 338 g/mol. The van der Waals surface area contributed by atoms with Gasteiger partial charge in [0, 0.05) is 52.4 Å². The van der Waals surface area contributed by atoms with E-state index in [9.17, 15) is 5.11 Å². The zero-order valence-electron chi connectivity index (χ0n) is 15.2. The van der Waals surface area contributed by atoms with Crippen LogP contribution in [0.4, 0.5) is 0 Å². The molecule has 0 aromatic rings. The Labute approximate surface area is 146 Å². The lowest BCUT2D eigenvalue weighted by molar-refractivity contribution is 0.0194. The van der Waals surface area contributed by atoms with Gasteiger partial charge < -0.3 is 20.1 Å². The summed E-state index contributed by atoms with van der Waals surface area (Å²) in [4.78, 5) is 9.50. The van der Waals surface area contributed by atoms with Gasteiger partial charge in [-0.15, -0.1) is 0 Å². The van der Waals surface area contributed by atoms with Gasteiger partial charge >= 0.3 is 0 Å². The van der Waals surface area contributed by atoms with Crippen molar-refractivity contribution in [3.05, 3.63) is 0 Å². The topological polar surface area (TPSA) is 60.3 Å². The van der Waals surface area contributed by atoms with Crippen LogP contribution in [-0.2, 0) is 4.74 Å². The van der Waals surface area contributed by atoms with Gasteiger partial charge in [-0.3, -0.25) is 9.89 Å².